The minimum atomic E-state index is 0.216. The molecule has 0 aromatic rings. The van der Waals surface area contributed by atoms with Gasteiger partial charge in [-0.25, -0.2) is 0 Å². The molecule has 0 aromatic carbocycles. The van der Waals surface area contributed by atoms with E-state index in [4.69, 9.17) is 10.00 Å². The van der Waals surface area contributed by atoms with E-state index < -0.39 is 0 Å². The van der Waals surface area contributed by atoms with Gasteiger partial charge < -0.3 is 4.74 Å². The molecule has 2 nitrogen and oxygen atoms in total. The van der Waals surface area contributed by atoms with Crippen LogP contribution in [0.25, 0.3) is 0 Å². The van der Waals surface area contributed by atoms with Gasteiger partial charge in [-0.1, -0.05) is 0 Å². The van der Waals surface area contributed by atoms with E-state index in [9.17, 15) is 0 Å². The van der Waals surface area contributed by atoms with E-state index >= 15 is 0 Å². The van der Waals surface area contributed by atoms with Crippen molar-refractivity contribution in [3.8, 4) is 6.07 Å². The molecule has 0 amide bonds. The molecule has 1 heterocycles. The third-order valence-corrected chi connectivity index (χ3v) is 1.88. The van der Waals surface area contributed by atoms with Gasteiger partial charge >= 0.3 is 0 Å². The highest BCUT2D eigenvalue weighted by Crippen LogP contribution is 2.19. The average Bonchev–Trinajstić information content (AvgIpc) is 1.88. The van der Waals surface area contributed by atoms with E-state index in [-0.39, 0.29) is 6.10 Å². The van der Waals surface area contributed by atoms with E-state index in [1.165, 1.54) is 6.42 Å². The molecule has 0 aliphatic carbocycles. The van der Waals surface area contributed by atoms with Gasteiger partial charge in [-0.3, -0.25) is 0 Å². The molecule has 0 bridgehead atoms. The Hall–Kier alpha value is -0.550. The summed E-state index contributed by atoms with van der Waals surface area (Å²) >= 11 is 0. The maximum Gasteiger partial charge on any atom is 0.0708 e. The third-order valence-electron chi connectivity index (χ3n) is 1.88. The zero-order valence-corrected chi connectivity index (χ0v) is 6.34. The molecular weight excluding hydrogens is 126 g/mol. The average molecular weight is 139 g/mol. The van der Waals surface area contributed by atoms with Crippen molar-refractivity contribution in [2.75, 3.05) is 0 Å². The minimum Gasteiger partial charge on any atom is -0.374 e. The Bertz CT molecular complexity index is 139. The van der Waals surface area contributed by atoms with Crippen LogP contribution in [0.3, 0.4) is 0 Å². The van der Waals surface area contributed by atoms with Crippen LogP contribution in [0.2, 0.25) is 0 Å². The number of ether oxygens (including phenoxy) is 1. The van der Waals surface area contributed by atoms with E-state index in [1.807, 2.05) is 0 Å². The molecule has 1 aliphatic rings. The molecule has 0 radical (unpaired) electrons. The molecule has 10 heavy (non-hydrogen) atoms. The zero-order valence-electron chi connectivity index (χ0n) is 6.34. The fraction of sp³-hybridized carbons (Fsp3) is 0.875. The summed E-state index contributed by atoms with van der Waals surface area (Å²) in [4.78, 5) is 0. The Morgan fingerprint density at radius 1 is 1.60 bits per heavy atom. The molecule has 1 aliphatic heterocycles. The number of nitriles is 1. The summed E-state index contributed by atoms with van der Waals surface area (Å²) in [6.07, 6.45) is 4.58. The van der Waals surface area contributed by atoms with Crippen molar-refractivity contribution < 1.29 is 4.74 Å². The Morgan fingerprint density at radius 3 is 3.00 bits per heavy atom. The molecule has 1 fully saturated rings. The van der Waals surface area contributed by atoms with Crippen LogP contribution in [0, 0.1) is 11.3 Å². The van der Waals surface area contributed by atoms with Gasteiger partial charge in [0.1, 0.15) is 0 Å². The second-order valence-corrected chi connectivity index (χ2v) is 2.86. The Morgan fingerprint density at radius 2 is 2.40 bits per heavy atom. The molecule has 0 N–H and O–H groups in total. The van der Waals surface area contributed by atoms with Gasteiger partial charge in [0.2, 0.25) is 0 Å². The van der Waals surface area contributed by atoms with Gasteiger partial charge in [0.15, 0.2) is 0 Å². The normalized spacial score (nSPS) is 33.2. The summed E-state index contributed by atoms with van der Waals surface area (Å²) in [6.45, 7) is 2.07. The zero-order chi connectivity index (χ0) is 7.40. The predicted octanol–water partition coefficient (Wildman–Crippen LogP) is 1.86. The van der Waals surface area contributed by atoms with Gasteiger partial charge in [-0.05, 0) is 26.2 Å². The number of rotatable bonds is 1. The van der Waals surface area contributed by atoms with Crippen molar-refractivity contribution in [2.45, 2.75) is 44.8 Å². The van der Waals surface area contributed by atoms with Crippen LogP contribution in [-0.2, 0) is 4.74 Å². The maximum absolute atomic E-state index is 8.37. The fourth-order valence-electron chi connectivity index (χ4n) is 1.35. The lowest BCUT2D eigenvalue weighted by molar-refractivity contribution is -0.0366. The lowest BCUT2D eigenvalue weighted by atomic mass is 10.0. The molecule has 0 spiro atoms. The van der Waals surface area contributed by atoms with Crippen LogP contribution in [0.1, 0.15) is 32.6 Å². The smallest absolute Gasteiger partial charge is 0.0708 e. The van der Waals surface area contributed by atoms with Crippen molar-refractivity contribution in [1.29, 1.82) is 5.26 Å². The topological polar surface area (TPSA) is 33.0 Å². The van der Waals surface area contributed by atoms with Gasteiger partial charge in [-0.15, -0.1) is 0 Å². The number of hydrogen-bond acceptors (Lipinski definition) is 2. The minimum absolute atomic E-state index is 0.216. The molecular formula is C8H13NO. The van der Waals surface area contributed by atoms with Crippen LogP contribution >= 0.6 is 0 Å². The highest BCUT2D eigenvalue weighted by molar-refractivity contribution is 4.79. The first-order valence-corrected chi connectivity index (χ1v) is 3.85. The number of nitrogens with zero attached hydrogens (tertiary/aromatic N) is 1. The lowest BCUT2D eigenvalue weighted by Gasteiger charge is -2.25. The first-order chi connectivity index (χ1) is 4.83. The van der Waals surface area contributed by atoms with Crippen LogP contribution in [0.15, 0.2) is 0 Å². The summed E-state index contributed by atoms with van der Waals surface area (Å²) < 4.78 is 5.50. The van der Waals surface area contributed by atoms with Crippen molar-refractivity contribution in [3.63, 3.8) is 0 Å². The summed E-state index contributed by atoms with van der Waals surface area (Å²) in [6, 6.07) is 2.13. The SMILES string of the molecule is C[C@@H]1CCC[C@H](CC#N)O1. The summed E-state index contributed by atoms with van der Waals surface area (Å²) in [5.74, 6) is 0. The van der Waals surface area contributed by atoms with Crippen LogP contribution in [-0.4, -0.2) is 12.2 Å². The Kier molecular flexibility index (Phi) is 2.70. The number of hydrogen-bond donors (Lipinski definition) is 0. The van der Waals surface area contributed by atoms with E-state index in [2.05, 4.69) is 13.0 Å². The first-order valence-electron chi connectivity index (χ1n) is 3.85. The van der Waals surface area contributed by atoms with Gasteiger partial charge in [-0.2, -0.15) is 5.26 Å². The molecule has 1 rings (SSSR count). The fourth-order valence-corrected chi connectivity index (χ4v) is 1.35. The van der Waals surface area contributed by atoms with E-state index in [1.54, 1.807) is 0 Å². The Labute approximate surface area is 61.8 Å². The monoisotopic (exact) mass is 139 g/mol. The molecule has 0 unspecified atom stereocenters. The summed E-state index contributed by atoms with van der Waals surface area (Å²) in [5, 5.41) is 8.37. The van der Waals surface area contributed by atoms with Crippen LogP contribution < -0.4 is 0 Å². The second-order valence-electron chi connectivity index (χ2n) is 2.86. The second kappa shape index (κ2) is 3.58. The standard InChI is InChI=1S/C8H13NO/c1-7-3-2-4-8(10-7)5-6-9/h7-8H,2-5H2,1H3/t7-,8-/m1/s1. The largest absolute Gasteiger partial charge is 0.374 e. The summed E-state index contributed by atoms with van der Waals surface area (Å²) in [7, 11) is 0. The first kappa shape index (κ1) is 7.56. The van der Waals surface area contributed by atoms with E-state index in [0.29, 0.717) is 12.5 Å². The van der Waals surface area contributed by atoms with Crippen molar-refractivity contribution >= 4 is 0 Å². The molecule has 56 valence electrons. The van der Waals surface area contributed by atoms with Crippen molar-refractivity contribution in [2.24, 2.45) is 0 Å². The highest BCUT2D eigenvalue weighted by atomic mass is 16.5. The maximum atomic E-state index is 8.37. The quantitative estimate of drug-likeness (QED) is 0.555. The Balaban J connectivity index is 2.27. The van der Waals surface area contributed by atoms with Gasteiger partial charge in [0.25, 0.3) is 0 Å². The molecule has 2 atom stereocenters. The van der Waals surface area contributed by atoms with Crippen molar-refractivity contribution in [3.05, 3.63) is 0 Å². The molecule has 0 saturated carbocycles. The lowest BCUT2D eigenvalue weighted by Crippen LogP contribution is -2.24. The highest BCUT2D eigenvalue weighted by Gasteiger charge is 2.17. The van der Waals surface area contributed by atoms with Crippen LogP contribution in [0.5, 0.6) is 0 Å². The van der Waals surface area contributed by atoms with Gasteiger partial charge in [0.05, 0.1) is 24.7 Å². The third kappa shape index (κ3) is 2.00. The van der Waals surface area contributed by atoms with E-state index in [0.717, 1.165) is 12.8 Å². The predicted molar refractivity (Wildman–Crippen MR) is 38.4 cm³/mol. The van der Waals surface area contributed by atoms with Crippen molar-refractivity contribution in [1.82, 2.24) is 0 Å². The molecule has 0 aromatic heterocycles. The van der Waals surface area contributed by atoms with Crippen LogP contribution in [0.4, 0.5) is 0 Å². The summed E-state index contributed by atoms with van der Waals surface area (Å²) in [5.41, 5.74) is 0. The molecule has 2 heteroatoms. The van der Waals surface area contributed by atoms with Gasteiger partial charge in [0, 0.05) is 0 Å². The molecule has 1 saturated heterocycles.